The number of aliphatic carboxylic acids is 1. The van der Waals surface area contributed by atoms with Gasteiger partial charge in [0.25, 0.3) is 0 Å². The molecular formula is C19H18ClFN6O2. The van der Waals surface area contributed by atoms with Crippen LogP contribution in [-0.4, -0.2) is 42.3 Å². The summed E-state index contributed by atoms with van der Waals surface area (Å²) in [6.07, 6.45) is 6.27. The van der Waals surface area contributed by atoms with Crippen molar-refractivity contribution in [1.29, 1.82) is 0 Å². The van der Waals surface area contributed by atoms with Gasteiger partial charge >= 0.3 is 5.97 Å². The van der Waals surface area contributed by atoms with Crippen molar-refractivity contribution in [3.63, 3.8) is 0 Å². The number of halogens is 2. The lowest BCUT2D eigenvalue weighted by atomic mass is 9.61. The van der Waals surface area contributed by atoms with E-state index in [4.69, 9.17) is 11.6 Å². The van der Waals surface area contributed by atoms with Crippen LogP contribution >= 0.6 is 11.6 Å². The molecule has 0 aromatic carbocycles. The van der Waals surface area contributed by atoms with Gasteiger partial charge < -0.3 is 10.4 Å². The van der Waals surface area contributed by atoms with E-state index < -0.39 is 17.7 Å². The molecule has 3 aliphatic carbocycles. The van der Waals surface area contributed by atoms with Crippen LogP contribution in [0.1, 0.15) is 25.7 Å². The van der Waals surface area contributed by atoms with Gasteiger partial charge in [-0.15, -0.1) is 0 Å². The van der Waals surface area contributed by atoms with Crippen LogP contribution in [0.3, 0.4) is 0 Å². The van der Waals surface area contributed by atoms with Crippen molar-refractivity contribution in [3.8, 4) is 11.5 Å². The first-order valence-corrected chi connectivity index (χ1v) is 9.91. The topological polar surface area (TPSA) is 117 Å². The Hall–Kier alpha value is -2.81. The van der Waals surface area contributed by atoms with Crippen molar-refractivity contribution < 1.29 is 14.3 Å². The number of hydrogen-bond acceptors (Lipinski definition) is 6. The molecule has 29 heavy (non-hydrogen) atoms. The molecule has 3 N–H and O–H groups in total. The molecule has 3 aromatic rings. The Morgan fingerprint density at radius 1 is 1.21 bits per heavy atom. The number of carboxylic acid groups (broad SMARTS) is 1. The summed E-state index contributed by atoms with van der Waals surface area (Å²) in [6, 6.07) is 1.33. The predicted molar refractivity (Wildman–Crippen MR) is 104 cm³/mol. The van der Waals surface area contributed by atoms with Crippen LogP contribution in [0, 0.1) is 23.6 Å². The van der Waals surface area contributed by atoms with Crippen LogP contribution < -0.4 is 5.32 Å². The average Bonchev–Trinajstić information content (AvgIpc) is 3.13. The van der Waals surface area contributed by atoms with Crippen molar-refractivity contribution >= 4 is 34.4 Å². The molecule has 3 heterocycles. The SMILES string of the molecule is O=C(O)[C@H]1C2CCC(CC2)[C@@H]1Nc1nc(-c2n[nH]c3ncc(Cl)cc23)ncc1F. The van der Waals surface area contributed by atoms with Gasteiger partial charge in [0.15, 0.2) is 23.1 Å². The second-order valence-corrected chi connectivity index (χ2v) is 8.16. The van der Waals surface area contributed by atoms with Gasteiger partial charge in [-0.3, -0.25) is 9.89 Å². The van der Waals surface area contributed by atoms with Gasteiger partial charge in [-0.05, 0) is 43.6 Å². The number of pyridine rings is 1. The molecule has 0 spiro atoms. The first-order valence-electron chi connectivity index (χ1n) is 9.53. The summed E-state index contributed by atoms with van der Waals surface area (Å²) in [5, 5.41) is 20.8. The van der Waals surface area contributed by atoms with E-state index in [-0.39, 0.29) is 29.5 Å². The second-order valence-electron chi connectivity index (χ2n) is 7.72. The zero-order chi connectivity index (χ0) is 20.1. The van der Waals surface area contributed by atoms with Gasteiger partial charge in [-0.1, -0.05) is 11.6 Å². The van der Waals surface area contributed by atoms with Crippen LogP contribution in [0.2, 0.25) is 5.02 Å². The Kier molecular flexibility index (Phi) is 4.34. The first-order chi connectivity index (χ1) is 14.0. The van der Waals surface area contributed by atoms with Gasteiger partial charge in [-0.2, -0.15) is 5.10 Å². The van der Waals surface area contributed by atoms with Crippen molar-refractivity contribution in [2.45, 2.75) is 31.7 Å². The Morgan fingerprint density at radius 2 is 1.97 bits per heavy atom. The zero-order valence-electron chi connectivity index (χ0n) is 15.3. The standard InChI is InChI=1S/C19H18ClFN6O2/c20-10-5-11-15(26-27-16(11)22-6-10)18-23-7-12(21)17(25-18)24-14-9-3-1-8(2-4-9)13(14)19(28)29/h5-9,13-14H,1-4H2,(H,28,29)(H,22,26,27)(H,23,24,25)/t8?,9?,13-,14-/m0/s1. The van der Waals surface area contributed by atoms with Gasteiger partial charge in [0, 0.05) is 12.2 Å². The average molecular weight is 417 g/mol. The normalized spacial score (nSPS) is 26.0. The Labute approximate surface area is 169 Å². The monoisotopic (exact) mass is 416 g/mol. The van der Waals surface area contributed by atoms with E-state index in [9.17, 15) is 14.3 Å². The summed E-state index contributed by atoms with van der Waals surface area (Å²) >= 11 is 6.03. The van der Waals surface area contributed by atoms with E-state index in [1.165, 1.54) is 6.20 Å². The highest BCUT2D eigenvalue weighted by Crippen LogP contribution is 2.46. The summed E-state index contributed by atoms with van der Waals surface area (Å²) in [5.41, 5.74) is 0.917. The lowest BCUT2D eigenvalue weighted by Gasteiger charge is -2.47. The van der Waals surface area contributed by atoms with E-state index in [0.29, 0.717) is 21.7 Å². The molecule has 0 aliphatic heterocycles. The first kappa shape index (κ1) is 18.2. The minimum Gasteiger partial charge on any atom is -0.481 e. The third-order valence-electron chi connectivity index (χ3n) is 6.15. The number of nitrogens with one attached hydrogen (secondary N) is 2. The lowest BCUT2D eigenvalue weighted by molar-refractivity contribution is -0.148. The fourth-order valence-corrected chi connectivity index (χ4v) is 4.96. The second kappa shape index (κ2) is 6.91. The van der Waals surface area contributed by atoms with E-state index in [1.54, 1.807) is 6.07 Å². The summed E-state index contributed by atoms with van der Waals surface area (Å²) in [4.78, 5) is 24.4. The van der Waals surface area contributed by atoms with E-state index in [0.717, 1.165) is 31.9 Å². The number of aromatic nitrogens is 5. The zero-order valence-corrected chi connectivity index (χ0v) is 16.0. The minimum absolute atomic E-state index is 0.00932. The molecule has 0 saturated heterocycles. The number of anilines is 1. The molecule has 3 fully saturated rings. The Bertz CT molecular complexity index is 1100. The van der Waals surface area contributed by atoms with Crippen molar-refractivity contribution in [2.24, 2.45) is 17.8 Å². The molecule has 6 rings (SSSR count). The third-order valence-corrected chi connectivity index (χ3v) is 6.35. The highest BCUT2D eigenvalue weighted by atomic mass is 35.5. The van der Waals surface area contributed by atoms with Crippen molar-refractivity contribution in [1.82, 2.24) is 25.1 Å². The molecule has 3 aliphatic rings. The molecule has 3 saturated carbocycles. The maximum Gasteiger partial charge on any atom is 0.308 e. The van der Waals surface area contributed by atoms with Gasteiger partial charge in [0.2, 0.25) is 0 Å². The quantitative estimate of drug-likeness (QED) is 0.595. The van der Waals surface area contributed by atoms with Crippen LogP contribution in [0.4, 0.5) is 10.2 Å². The molecule has 3 aromatic heterocycles. The highest BCUT2D eigenvalue weighted by molar-refractivity contribution is 6.31. The lowest BCUT2D eigenvalue weighted by Crippen LogP contribution is -2.51. The van der Waals surface area contributed by atoms with Crippen molar-refractivity contribution in [2.75, 3.05) is 5.32 Å². The Morgan fingerprint density at radius 3 is 2.72 bits per heavy atom. The van der Waals surface area contributed by atoms with Gasteiger partial charge in [0.05, 0.1) is 22.5 Å². The third kappa shape index (κ3) is 3.09. The molecule has 0 amide bonds. The van der Waals surface area contributed by atoms with Crippen LogP contribution in [0.15, 0.2) is 18.5 Å². The maximum absolute atomic E-state index is 14.5. The maximum atomic E-state index is 14.5. The van der Waals surface area contributed by atoms with Crippen LogP contribution in [0.5, 0.6) is 0 Å². The van der Waals surface area contributed by atoms with Gasteiger partial charge in [-0.25, -0.2) is 19.3 Å². The molecule has 10 heteroatoms. The minimum atomic E-state index is -0.842. The number of aromatic amines is 1. The van der Waals surface area contributed by atoms with E-state index in [1.807, 2.05) is 0 Å². The number of H-pyrrole nitrogens is 1. The summed E-state index contributed by atoms with van der Waals surface area (Å²) < 4.78 is 14.5. The molecule has 2 bridgehead atoms. The molecule has 2 atom stereocenters. The van der Waals surface area contributed by atoms with Crippen LogP contribution in [-0.2, 0) is 4.79 Å². The van der Waals surface area contributed by atoms with E-state index in [2.05, 4.69) is 30.5 Å². The van der Waals surface area contributed by atoms with Gasteiger partial charge in [0.1, 0.15) is 5.69 Å². The fourth-order valence-electron chi connectivity index (χ4n) is 4.80. The number of fused-ring (bicyclic) bond motifs is 4. The summed E-state index contributed by atoms with van der Waals surface area (Å²) in [5.74, 6) is -1.52. The molecule has 0 radical (unpaired) electrons. The summed E-state index contributed by atoms with van der Waals surface area (Å²) in [6.45, 7) is 0. The molecular weight excluding hydrogens is 399 g/mol. The highest BCUT2D eigenvalue weighted by Gasteiger charge is 2.47. The molecule has 8 nitrogen and oxygen atoms in total. The fraction of sp³-hybridized carbons (Fsp3) is 0.421. The number of carboxylic acids is 1. The number of nitrogens with zero attached hydrogens (tertiary/aromatic N) is 4. The number of hydrogen-bond donors (Lipinski definition) is 3. The smallest absolute Gasteiger partial charge is 0.308 e. The largest absolute Gasteiger partial charge is 0.481 e. The van der Waals surface area contributed by atoms with E-state index >= 15 is 0 Å². The Balaban J connectivity index is 1.51. The molecule has 150 valence electrons. The van der Waals surface area contributed by atoms with Crippen molar-refractivity contribution in [3.05, 3.63) is 29.3 Å². The predicted octanol–water partition coefficient (Wildman–Crippen LogP) is 3.51. The summed E-state index contributed by atoms with van der Waals surface area (Å²) in [7, 11) is 0. The molecule has 0 unspecified atom stereocenters. The van der Waals surface area contributed by atoms with Crippen LogP contribution in [0.25, 0.3) is 22.6 Å². The number of rotatable bonds is 4. The number of carbonyl (C=O) groups is 1.